The Kier molecular flexibility index (Phi) is 2.29. The molecule has 0 unspecified atom stereocenters. The van der Waals surface area contributed by atoms with Crippen LogP contribution in [0.25, 0.3) is 0 Å². The van der Waals surface area contributed by atoms with E-state index in [4.69, 9.17) is 27.9 Å². The van der Waals surface area contributed by atoms with Gasteiger partial charge in [0.1, 0.15) is 0 Å². The maximum absolute atomic E-state index is 10.7. The van der Waals surface area contributed by atoms with Crippen molar-refractivity contribution in [1.82, 2.24) is 0 Å². The third-order valence-electron chi connectivity index (χ3n) is 1.73. The summed E-state index contributed by atoms with van der Waals surface area (Å²) in [4.78, 5) is 10.7. The molecule has 0 heterocycles. The zero-order chi connectivity index (χ0) is 14.0. The second kappa shape index (κ2) is 4.98. The molecule has 1 atom stereocenters. The number of carbonyl (C=O) groups is 1. The van der Waals surface area contributed by atoms with Crippen molar-refractivity contribution in [2.24, 2.45) is 5.73 Å². The van der Waals surface area contributed by atoms with Gasteiger partial charge in [-0.3, -0.25) is 4.79 Å². The predicted octanol–water partition coefficient (Wildman–Crippen LogP) is 1.86. The monoisotopic (exact) mass is 217 g/mol. The molecule has 4 heteroatoms. The third kappa shape index (κ3) is 3.01. The van der Waals surface area contributed by atoms with E-state index in [1.54, 1.807) is 0 Å². The Labute approximate surface area is 93.1 Å². The van der Waals surface area contributed by atoms with Crippen molar-refractivity contribution < 1.29 is 15.4 Å². The van der Waals surface area contributed by atoms with Crippen LogP contribution in [0.5, 0.6) is 0 Å². The van der Waals surface area contributed by atoms with Crippen molar-refractivity contribution in [2.75, 3.05) is 6.54 Å². The molecule has 0 amide bonds. The van der Waals surface area contributed by atoms with E-state index in [2.05, 4.69) is 0 Å². The van der Waals surface area contributed by atoms with Crippen molar-refractivity contribution in [3.8, 4) is 0 Å². The molecule has 1 rings (SSSR count). The lowest BCUT2D eigenvalue weighted by Crippen LogP contribution is -2.16. The van der Waals surface area contributed by atoms with E-state index in [-0.39, 0.29) is 47.7 Å². The molecule has 0 aliphatic heterocycles. The smallest absolute Gasteiger partial charge is 0.304 e. The van der Waals surface area contributed by atoms with E-state index < -0.39 is 11.9 Å². The molecule has 0 aliphatic carbocycles. The lowest BCUT2D eigenvalue weighted by molar-refractivity contribution is -0.137. The summed E-state index contributed by atoms with van der Waals surface area (Å²) in [6.45, 7) is -0.0788. The average molecular weight is 218 g/mol. The van der Waals surface area contributed by atoms with Crippen LogP contribution in [-0.2, 0) is 4.79 Å². The molecule has 0 spiro atoms. The van der Waals surface area contributed by atoms with Crippen LogP contribution in [0, 0.1) is 0 Å². The summed E-state index contributed by atoms with van der Waals surface area (Å²) in [5.74, 6) is -1.88. The van der Waals surface area contributed by atoms with Crippen LogP contribution in [-0.4, -0.2) is 17.6 Å². The minimum Gasteiger partial charge on any atom is -0.481 e. The van der Waals surface area contributed by atoms with Gasteiger partial charge in [-0.1, -0.05) is 23.7 Å². The van der Waals surface area contributed by atoms with Crippen LogP contribution in [0.3, 0.4) is 0 Å². The fourth-order valence-corrected chi connectivity index (χ4v) is 1.12. The molecule has 1 aromatic rings. The van der Waals surface area contributed by atoms with Gasteiger partial charge in [-0.05, 0) is 24.2 Å². The van der Waals surface area contributed by atoms with E-state index in [0.29, 0.717) is 0 Å². The Morgan fingerprint density at radius 1 is 1.57 bits per heavy atom. The van der Waals surface area contributed by atoms with Gasteiger partial charge in [-0.15, -0.1) is 0 Å². The van der Waals surface area contributed by atoms with Crippen molar-refractivity contribution >= 4 is 17.6 Å². The number of rotatable bonds is 4. The van der Waals surface area contributed by atoms with Crippen LogP contribution in [0.4, 0.5) is 0 Å². The second-order valence-corrected chi connectivity index (χ2v) is 3.14. The Hall–Kier alpha value is -1.06. The zero-order valence-electron chi connectivity index (χ0n) is 11.3. The topological polar surface area (TPSA) is 63.3 Å². The minimum absolute atomic E-state index is 0.000648. The zero-order valence-corrected chi connectivity index (χ0v) is 8.06. The highest BCUT2D eigenvalue weighted by molar-refractivity contribution is 6.30. The largest absolute Gasteiger partial charge is 0.481 e. The highest BCUT2D eigenvalue weighted by Crippen LogP contribution is 2.20. The van der Waals surface area contributed by atoms with Crippen molar-refractivity contribution in [2.45, 2.75) is 12.3 Å². The molecule has 3 N–H and O–H groups in total. The lowest BCUT2D eigenvalue weighted by atomic mass is 9.96. The molecule has 14 heavy (non-hydrogen) atoms. The second-order valence-electron chi connectivity index (χ2n) is 2.76. The van der Waals surface area contributed by atoms with Gasteiger partial charge >= 0.3 is 5.97 Å². The standard InChI is InChI=1S/C10H12ClNO2/c11-9-3-1-7(2-4-9)8(6-12)5-10(13)14/h1-4,8H,5-6,12H2,(H,13,14)/t8-/m0/s1/i1D,2D,3D,4D. The molecule has 0 saturated heterocycles. The number of benzene rings is 1. The SMILES string of the molecule is [2H]c1c([2H])c([C@H](CN)CC(=O)O)c([2H])c([2H])c1Cl. The van der Waals surface area contributed by atoms with E-state index in [1.165, 1.54) is 0 Å². The molecular formula is C10H12ClNO2. The van der Waals surface area contributed by atoms with Crippen molar-refractivity contribution in [3.63, 3.8) is 0 Å². The van der Waals surface area contributed by atoms with E-state index in [0.717, 1.165) is 0 Å². The lowest BCUT2D eigenvalue weighted by Gasteiger charge is -2.12. The fourth-order valence-electron chi connectivity index (χ4n) is 1.03. The van der Waals surface area contributed by atoms with Gasteiger partial charge in [0.05, 0.1) is 11.9 Å². The maximum Gasteiger partial charge on any atom is 0.304 e. The quantitative estimate of drug-likeness (QED) is 0.809. The molecular weight excluding hydrogens is 202 g/mol. The number of carboxylic acids is 1. The molecule has 1 aromatic carbocycles. The number of hydrogen-bond donors (Lipinski definition) is 2. The van der Waals surface area contributed by atoms with Gasteiger partial charge in [-0.2, -0.15) is 0 Å². The van der Waals surface area contributed by atoms with Gasteiger partial charge in [0.25, 0.3) is 0 Å². The van der Waals surface area contributed by atoms with Gasteiger partial charge in [-0.25, -0.2) is 0 Å². The minimum atomic E-state index is -1.11. The summed E-state index contributed by atoms with van der Waals surface area (Å²) in [5, 5.41) is 8.48. The Morgan fingerprint density at radius 2 is 2.14 bits per heavy atom. The average Bonchev–Trinajstić information content (AvgIpc) is 2.32. The van der Waals surface area contributed by atoms with E-state index >= 15 is 0 Å². The number of halogens is 1. The highest BCUT2D eigenvalue weighted by atomic mass is 35.5. The fraction of sp³-hybridized carbons (Fsp3) is 0.300. The molecule has 0 fully saturated rings. The number of nitrogens with two attached hydrogens (primary N) is 1. The van der Waals surface area contributed by atoms with Gasteiger partial charge < -0.3 is 10.8 Å². The Bertz CT molecular complexity index is 466. The summed E-state index contributed by atoms with van der Waals surface area (Å²) < 4.78 is 30.6. The first-order chi connectivity index (χ1) is 8.31. The molecule has 76 valence electrons. The first-order valence-electron chi connectivity index (χ1n) is 5.98. The first-order valence-corrected chi connectivity index (χ1v) is 4.36. The van der Waals surface area contributed by atoms with Crippen LogP contribution < -0.4 is 5.73 Å². The van der Waals surface area contributed by atoms with Gasteiger partial charge in [0.2, 0.25) is 0 Å². The van der Waals surface area contributed by atoms with Crippen LogP contribution in [0.2, 0.25) is 5.02 Å². The van der Waals surface area contributed by atoms with Crippen LogP contribution >= 0.6 is 11.6 Å². The molecule has 3 nitrogen and oxygen atoms in total. The summed E-state index contributed by atoms with van der Waals surface area (Å²) >= 11 is 5.65. The Morgan fingerprint density at radius 3 is 2.57 bits per heavy atom. The third-order valence-corrected chi connectivity index (χ3v) is 1.92. The van der Waals surface area contributed by atoms with Crippen molar-refractivity contribution in [1.29, 1.82) is 0 Å². The van der Waals surface area contributed by atoms with Crippen molar-refractivity contribution in [3.05, 3.63) is 34.8 Å². The van der Waals surface area contributed by atoms with E-state index in [9.17, 15) is 4.79 Å². The van der Waals surface area contributed by atoms with Gasteiger partial charge in [0, 0.05) is 10.9 Å². The number of hydrogen-bond acceptors (Lipinski definition) is 2. The van der Waals surface area contributed by atoms with Crippen LogP contribution in [0.15, 0.2) is 24.2 Å². The van der Waals surface area contributed by atoms with E-state index in [1.807, 2.05) is 0 Å². The Balaban J connectivity index is 3.43. The maximum atomic E-state index is 10.7. The summed E-state index contributed by atoms with van der Waals surface area (Å²) in [5.41, 5.74) is 5.44. The van der Waals surface area contributed by atoms with Crippen LogP contribution in [0.1, 0.15) is 23.4 Å². The molecule has 0 saturated carbocycles. The first kappa shape index (κ1) is 6.43. The summed E-state index contributed by atoms with van der Waals surface area (Å²) in [6, 6.07) is -1.43. The predicted molar refractivity (Wildman–Crippen MR) is 55.5 cm³/mol. The highest BCUT2D eigenvalue weighted by Gasteiger charge is 2.13. The molecule has 0 aliphatic rings. The molecule has 0 radical (unpaired) electrons. The molecule has 0 aromatic heterocycles. The number of aliphatic carboxylic acids is 1. The van der Waals surface area contributed by atoms with Gasteiger partial charge in [0.15, 0.2) is 0 Å². The molecule has 0 bridgehead atoms. The summed E-state index contributed by atoms with van der Waals surface area (Å²) in [6.07, 6.45) is -0.352. The summed E-state index contributed by atoms with van der Waals surface area (Å²) in [7, 11) is 0. The normalized spacial score (nSPS) is 16.4. The number of carboxylic acid groups (broad SMARTS) is 1.